The quantitative estimate of drug-likeness (QED) is 0.296. The highest BCUT2D eigenvalue weighted by Crippen LogP contribution is 2.51. The maximum absolute atomic E-state index is 9.29. The summed E-state index contributed by atoms with van der Waals surface area (Å²) in [5.41, 5.74) is 12.6. The molecule has 0 radical (unpaired) electrons. The van der Waals surface area contributed by atoms with Crippen LogP contribution in [0.4, 0.5) is 11.4 Å². The predicted molar refractivity (Wildman–Crippen MR) is 154 cm³/mol. The third kappa shape index (κ3) is 3.90. The molecule has 0 bridgehead atoms. The van der Waals surface area contributed by atoms with E-state index in [0.717, 1.165) is 34.5 Å². The minimum absolute atomic E-state index is 0.0799. The van der Waals surface area contributed by atoms with E-state index in [2.05, 4.69) is 123 Å². The van der Waals surface area contributed by atoms with E-state index in [1.165, 1.54) is 27.8 Å². The molecule has 0 saturated heterocycles. The van der Waals surface area contributed by atoms with E-state index in [4.69, 9.17) is 0 Å². The van der Waals surface area contributed by atoms with Gasteiger partial charge in [0.15, 0.2) is 0 Å². The molecule has 4 aromatic carbocycles. The Bertz CT molecular complexity index is 1660. The van der Waals surface area contributed by atoms with Crippen molar-refractivity contribution in [2.24, 2.45) is 0 Å². The molecule has 6 rings (SSSR count). The molecule has 178 valence electrons. The number of anilines is 2. The summed E-state index contributed by atoms with van der Waals surface area (Å²) in [6, 6.07) is 32.2. The number of hydrogen-bond donors (Lipinski definition) is 0. The standard InChI is InChI=1S/C35H28N2/c1-24-10-6-7-17-37(28-14-9-12-26(20-28)18-25-11-8-13-27(19-25)23-36)34-22-33-31(21-30(24)34)29-15-4-5-16-32(29)35(33,2)3/h4-17,19-22H,1,18H2,2-3H3/b10-6-,17-7-. The summed E-state index contributed by atoms with van der Waals surface area (Å²) in [7, 11) is 0. The van der Waals surface area contributed by atoms with Crippen LogP contribution in [0.3, 0.4) is 0 Å². The van der Waals surface area contributed by atoms with Crippen molar-refractivity contribution in [2.45, 2.75) is 25.7 Å². The zero-order chi connectivity index (χ0) is 25.6. The number of allylic oxidation sites excluding steroid dienone is 4. The second-order valence-corrected chi connectivity index (χ2v) is 10.3. The summed E-state index contributed by atoms with van der Waals surface area (Å²) in [6.45, 7) is 9.05. The van der Waals surface area contributed by atoms with Crippen molar-refractivity contribution in [3.05, 3.63) is 149 Å². The molecule has 0 amide bonds. The van der Waals surface area contributed by atoms with Crippen molar-refractivity contribution in [2.75, 3.05) is 4.90 Å². The second kappa shape index (κ2) is 8.80. The molecule has 0 aromatic heterocycles. The first-order valence-electron chi connectivity index (χ1n) is 12.7. The van der Waals surface area contributed by atoms with Crippen molar-refractivity contribution >= 4 is 16.9 Å². The van der Waals surface area contributed by atoms with Gasteiger partial charge in [-0.2, -0.15) is 5.26 Å². The Morgan fingerprint density at radius 2 is 1.57 bits per heavy atom. The Balaban J connectivity index is 1.47. The lowest BCUT2D eigenvalue weighted by molar-refractivity contribution is 0.660. The Labute approximate surface area is 219 Å². The highest BCUT2D eigenvalue weighted by Gasteiger charge is 2.36. The first kappa shape index (κ1) is 22.8. The average molecular weight is 477 g/mol. The fraction of sp³-hybridized carbons (Fsp3) is 0.114. The van der Waals surface area contributed by atoms with Gasteiger partial charge in [-0.15, -0.1) is 0 Å². The molecule has 0 atom stereocenters. The lowest BCUT2D eigenvalue weighted by Gasteiger charge is -2.29. The van der Waals surface area contributed by atoms with Crippen LogP contribution in [0.5, 0.6) is 0 Å². The normalized spacial score (nSPS) is 16.6. The summed E-state index contributed by atoms with van der Waals surface area (Å²) in [5, 5.41) is 9.29. The van der Waals surface area contributed by atoms with E-state index < -0.39 is 0 Å². The predicted octanol–water partition coefficient (Wildman–Crippen LogP) is 8.69. The van der Waals surface area contributed by atoms with Crippen molar-refractivity contribution in [3.63, 3.8) is 0 Å². The van der Waals surface area contributed by atoms with Crippen molar-refractivity contribution < 1.29 is 0 Å². The number of nitriles is 1. The molecule has 37 heavy (non-hydrogen) atoms. The molecule has 1 aliphatic heterocycles. The van der Waals surface area contributed by atoms with Gasteiger partial charge >= 0.3 is 0 Å². The minimum atomic E-state index is -0.0799. The smallest absolute Gasteiger partial charge is 0.0991 e. The fourth-order valence-electron chi connectivity index (χ4n) is 5.70. The van der Waals surface area contributed by atoms with E-state index in [9.17, 15) is 5.26 Å². The Morgan fingerprint density at radius 3 is 2.41 bits per heavy atom. The van der Waals surface area contributed by atoms with Gasteiger partial charge in [0, 0.05) is 22.9 Å². The molecule has 1 aliphatic carbocycles. The van der Waals surface area contributed by atoms with Gasteiger partial charge in [-0.05, 0) is 87.8 Å². The summed E-state index contributed by atoms with van der Waals surface area (Å²) in [4.78, 5) is 2.28. The van der Waals surface area contributed by atoms with Crippen molar-refractivity contribution in [1.29, 1.82) is 5.26 Å². The van der Waals surface area contributed by atoms with Crippen LogP contribution in [0.1, 0.15) is 47.2 Å². The summed E-state index contributed by atoms with van der Waals surface area (Å²) >= 11 is 0. The zero-order valence-corrected chi connectivity index (χ0v) is 21.2. The Morgan fingerprint density at radius 1 is 0.784 bits per heavy atom. The molecule has 2 aliphatic rings. The van der Waals surface area contributed by atoms with Crippen LogP contribution >= 0.6 is 0 Å². The molecule has 1 heterocycles. The highest BCUT2D eigenvalue weighted by atomic mass is 15.1. The molecule has 4 aromatic rings. The minimum Gasteiger partial charge on any atom is -0.317 e. The number of benzene rings is 4. The molecule has 0 N–H and O–H groups in total. The van der Waals surface area contributed by atoms with E-state index in [1.807, 2.05) is 18.2 Å². The maximum atomic E-state index is 9.29. The monoisotopic (exact) mass is 476 g/mol. The topological polar surface area (TPSA) is 27.0 Å². The Kier molecular flexibility index (Phi) is 5.43. The molecule has 0 fully saturated rings. The third-order valence-corrected chi connectivity index (χ3v) is 7.60. The van der Waals surface area contributed by atoms with E-state index in [1.54, 1.807) is 0 Å². The van der Waals surface area contributed by atoms with Gasteiger partial charge in [-0.3, -0.25) is 0 Å². The lowest BCUT2D eigenvalue weighted by atomic mass is 9.81. The average Bonchev–Trinajstić information content (AvgIpc) is 3.13. The van der Waals surface area contributed by atoms with Crippen LogP contribution in [0.25, 0.3) is 16.7 Å². The number of rotatable bonds is 3. The fourth-order valence-corrected chi connectivity index (χ4v) is 5.70. The lowest BCUT2D eigenvalue weighted by Crippen LogP contribution is -2.17. The molecule has 0 spiro atoms. The van der Waals surface area contributed by atoms with Gasteiger partial charge in [0.05, 0.1) is 17.3 Å². The van der Waals surface area contributed by atoms with Gasteiger partial charge < -0.3 is 4.90 Å². The van der Waals surface area contributed by atoms with Crippen LogP contribution in [-0.4, -0.2) is 0 Å². The highest BCUT2D eigenvalue weighted by molar-refractivity contribution is 5.92. The summed E-state index contributed by atoms with van der Waals surface area (Å²) < 4.78 is 0. The van der Waals surface area contributed by atoms with Crippen molar-refractivity contribution in [1.82, 2.24) is 0 Å². The second-order valence-electron chi connectivity index (χ2n) is 10.3. The molecular weight excluding hydrogens is 448 g/mol. The van der Waals surface area contributed by atoms with Crippen LogP contribution in [0, 0.1) is 11.3 Å². The zero-order valence-electron chi connectivity index (χ0n) is 21.2. The maximum Gasteiger partial charge on any atom is 0.0991 e. The van der Waals surface area contributed by atoms with Gasteiger partial charge in [-0.25, -0.2) is 0 Å². The SMILES string of the molecule is C=C1/C=C\C=C/N(c2cccc(Cc3cccc(C#N)c3)c2)c2cc3c(cc21)-c1ccccc1C3(C)C. The molecule has 2 nitrogen and oxygen atoms in total. The van der Waals surface area contributed by atoms with Crippen LogP contribution in [0.15, 0.2) is 116 Å². The van der Waals surface area contributed by atoms with E-state index >= 15 is 0 Å². The third-order valence-electron chi connectivity index (χ3n) is 7.60. The first-order chi connectivity index (χ1) is 18.0. The largest absolute Gasteiger partial charge is 0.317 e. The van der Waals surface area contributed by atoms with Crippen LogP contribution in [0.2, 0.25) is 0 Å². The van der Waals surface area contributed by atoms with Gasteiger partial charge in [0.25, 0.3) is 0 Å². The van der Waals surface area contributed by atoms with Crippen molar-refractivity contribution in [3.8, 4) is 17.2 Å². The number of hydrogen-bond acceptors (Lipinski definition) is 2. The number of nitrogens with zero attached hydrogens (tertiary/aromatic N) is 2. The first-order valence-corrected chi connectivity index (χ1v) is 12.7. The van der Waals surface area contributed by atoms with Crippen LogP contribution in [-0.2, 0) is 11.8 Å². The Hall–Kier alpha value is -4.61. The number of fused-ring (bicyclic) bond motifs is 4. The van der Waals surface area contributed by atoms with Gasteiger partial charge in [0.1, 0.15) is 0 Å². The molecule has 0 saturated carbocycles. The van der Waals surface area contributed by atoms with Gasteiger partial charge in [-0.1, -0.05) is 81.1 Å². The van der Waals surface area contributed by atoms with Gasteiger partial charge in [0.2, 0.25) is 0 Å². The molecule has 2 heteroatoms. The molecular formula is C35H28N2. The van der Waals surface area contributed by atoms with Crippen LogP contribution < -0.4 is 4.90 Å². The molecule has 0 unspecified atom stereocenters. The summed E-state index contributed by atoms with van der Waals surface area (Å²) in [6.07, 6.45) is 9.13. The summed E-state index contributed by atoms with van der Waals surface area (Å²) in [5.74, 6) is 0. The van der Waals surface area contributed by atoms with E-state index in [-0.39, 0.29) is 5.41 Å². The van der Waals surface area contributed by atoms with E-state index in [0.29, 0.717) is 5.56 Å².